The number of anilines is 1. The number of nitriles is 1. The fraction of sp³-hybridized carbons (Fsp3) is 0.500. The van der Waals surface area contributed by atoms with Crippen LogP contribution in [0.5, 0.6) is 5.75 Å². The van der Waals surface area contributed by atoms with Crippen molar-refractivity contribution in [2.75, 3.05) is 24.5 Å². The molecule has 2 fully saturated rings. The normalized spacial score (nSPS) is 20.4. The third-order valence-corrected chi connectivity index (χ3v) is 6.91. The van der Waals surface area contributed by atoms with Gasteiger partial charge in [-0.1, -0.05) is 16.7 Å². The van der Waals surface area contributed by atoms with E-state index in [4.69, 9.17) is 27.1 Å². The van der Waals surface area contributed by atoms with Crippen molar-refractivity contribution in [3.63, 3.8) is 0 Å². The van der Waals surface area contributed by atoms with E-state index in [9.17, 15) is 4.79 Å². The zero-order valence-electron chi connectivity index (χ0n) is 19.3. The number of amides is 1. The Hall–Kier alpha value is -3.54. The molecule has 2 aliphatic rings. The molecule has 182 valence electrons. The Bertz CT molecular complexity index is 1110. The summed E-state index contributed by atoms with van der Waals surface area (Å²) in [5.74, 6) is 1.59. The Morgan fingerprint density at radius 2 is 1.97 bits per heavy atom. The summed E-state index contributed by atoms with van der Waals surface area (Å²) in [5.41, 5.74) is 9.20. The first-order valence-electron chi connectivity index (χ1n) is 11.8. The van der Waals surface area contributed by atoms with Crippen LogP contribution in [0.3, 0.4) is 0 Å². The Balaban J connectivity index is 1.22. The molecule has 2 heterocycles. The van der Waals surface area contributed by atoms with Gasteiger partial charge in [0.25, 0.3) is 5.91 Å². The lowest BCUT2D eigenvalue weighted by Gasteiger charge is -2.31. The van der Waals surface area contributed by atoms with E-state index in [0.29, 0.717) is 34.5 Å². The summed E-state index contributed by atoms with van der Waals surface area (Å²) < 4.78 is 6.02. The van der Waals surface area contributed by atoms with Gasteiger partial charge in [-0.15, -0.1) is 10.2 Å². The minimum absolute atomic E-state index is 0.0436. The van der Waals surface area contributed by atoms with E-state index < -0.39 is 0 Å². The molecule has 0 radical (unpaired) electrons. The number of carbonyl (C=O) groups is 1. The van der Waals surface area contributed by atoms with Crippen molar-refractivity contribution in [2.45, 2.75) is 50.7 Å². The molecule has 11 heteroatoms. The van der Waals surface area contributed by atoms with E-state index in [2.05, 4.69) is 30.4 Å². The van der Waals surface area contributed by atoms with Crippen LogP contribution in [-0.4, -0.2) is 47.9 Å². The van der Waals surface area contributed by atoms with Crippen LogP contribution in [0.25, 0.3) is 10.4 Å². The monoisotopic (exact) mass is 494 g/mol. The molecule has 0 atom stereocenters. The number of aromatic nitrogens is 2. The molecule has 0 unspecified atom stereocenters. The molecule has 1 N–H and O–H groups in total. The van der Waals surface area contributed by atoms with Crippen LogP contribution in [0.2, 0.25) is 5.02 Å². The third kappa shape index (κ3) is 6.53. The minimum atomic E-state index is -0.222. The predicted molar refractivity (Wildman–Crippen MR) is 131 cm³/mol. The second-order valence-electron chi connectivity index (χ2n) is 8.94. The number of hydrogen-bond donors (Lipinski definition) is 1. The maximum Gasteiger partial charge on any atom is 0.272 e. The van der Waals surface area contributed by atoms with Gasteiger partial charge in [0.1, 0.15) is 11.8 Å². The summed E-state index contributed by atoms with van der Waals surface area (Å²) in [7, 11) is 0. The molecular weight excluding hydrogens is 468 g/mol. The van der Waals surface area contributed by atoms with Gasteiger partial charge in [-0.05, 0) is 74.2 Å². The van der Waals surface area contributed by atoms with Gasteiger partial charge < -0.3 is 15.0 Å². The van der Waals surface area contributed by atoms with Crippen LogP contribution >= 0.6 is 11.6 Å². The fourth-order valence-electron chi connectivity index (χ4n) is 4.55. The van der Waals surface area contributed by atoms with Crippen LogP contribution in [0.1, 0.15) is 54.6 Å². The summed E-state index contributed by atoms with van der Waals surface area (Å²) in [5, 5.41) is 24.5. The van der Waals surface area contributed by atoms with Crippen LogP contribution in [0.15, 0.2) is 35.4 Å². The standard InChI is InChI=1S/C24H27ClN8O2/c25-21-13-20(4-1-17(21)14-26)35-19-5-2-18(3-6-19)29-24(34)22-7-8-23(31-30-22)33-11-9-16(10-12-33)15-28-32-27/h1,4,7-8,13,16,18-19H,2-3,5-6,9-12,15H2,(H,29,34)/t18-,19-. The summed E-state index contributed by atoms with van der Waals surface area (Å²) in [6.45, 7) is 2.19. The summed E-state index contributed by atoms with van der Waals surface area (Å²) >= 11 is 6.08. The van der Waals surface area contributed by atoms with Gasteiger partial charge in [0.2, 0.25) is 0 Å². The molecule has 10 nitrogen and oxygen atoms in total. The van der Waals surface area contributed by atoms with Gasteiger partial charge in [0.15, 0.2) is 11.5 Å². The van der Waals surface area contributed by atoms with E-state index in [1.807, 2.05) is 12.1 Å². The molecule has 2 aromatic rings. The van der Waals surface area contributed by atoms with Crippen LogP contribution in [0.4, 0.5) is 5.82 Å². The third-order valence-electron chi connectivity index (χ3n) is 6.60. The SMILES string of the molecule is N#Cc1ccc(O[C@H]2CC[C@H](NC(=O)c3ccc(N4CCC(CN=[N+]=[N-])CC4)nn3)CC2)cc1Cl. The molecule has 1 aromatic heterocycles. The molecule has 0 bridgehead atoms. The topological polar surface area (TPSA) is 140 Å². The number of azide groups is 1. The highest BCUT2D eigenvalue weighted by Crippen LogP contribution is 2.27. The van der Waals surface area contributed by atoms with Crippen molar-refractivity contribution >= 4 is 23.3 Å². The lowest BCUT2D eigenvalue weighted by molar-refractivity contribution is 0.0888. The highest BCUT2D eigenvalue weighted by molar-refractivity contribution is 6.31. The first kappa shape index (κ1) is 24.6. The van der Waals surface area contributed by atoms with E-state index in [1.54, 1.807) is 24.3 Å². The number of carbonyl (C=O) groups excluding carboxylic acids is 1. The van der Waals surface area contributed by atoms with E-state index in [1.165, 1.54) is 0 Å². The molecule has 1 saturated heterocycles. The molecule has 1 aliphatic carbocycles. The summed E-state index contributed by atoms with van der Waals surface area (Å²) in [6.07, 6.45) is 5.14. The summed E-state index contributed by atoms with van der Waals surface area (Å²) in [6, 6.07) is 10.7. The number of nitrogens with zero attached hydrogens (tertiary/aromatic N) is 7. The van der Waals surface area contributed by atoms with E-state index in [-0.39, 0.29) is 18.1 Å². The number of benzene rings is 1. The van der Waals surface area contributed by atoms with Gasteiger partial charge in [-0.25, -0.2) is 0 Å². The van der Waals surface area contributed by atoms with Gasteiger partial charge >= 0.3 is 0 Å². The molecule has 1 amide bonds. The van der Waals surface area contributed by atoms with Crippen molar-refractivity contribution in [2.24, 2.45) is 11.0 Å². The second-order valence-corrected chi connectivity index (χ2v) is 9.35. The van der Waals surface area contributed by atoms with Crippen molar-refractivity contribution in [1.29, 1.82) is 5.26 Å². The highest BCUT2D eigenvalue weighted by Gasteiger charge is 2.25. The second kappa shape index (κ2) is 11.7. The average molecular weight is 495 g/mol. The molecule has 1 saturated carbocycles. The van der Waals surface area contributed by atoms with Crippen molar-refractivity contribution in [3.05, 3.63) is 57.1 Å². The number of ether oxygens (including phenoxy) is 1. The average Bonchev–Trinajstić information content (AvgIpc) is 2.89. The van der Waals surface area contributed by atoms with Crippen molar-refractivity contribution in [3.8, 4) is 11.8 Å². The van der Waals surface area contributed by atoms with Crippen LogP contribution in [-0.2, 0) is 0 Å². The zero-order valence-corrected chi connectivity index (χ0v) is 20.1. The Morgan fingerprint density at radius 1 is 1.20 bits per heavy atom. The largest absolute Gasteiger partial charge is 0.490 e. The van der Waals surface area contributed by atoms with E-state index in [0.717, 1.165) is 57.4 Å². The summed E-state index contributed by atoms with van der Waals surface area (Å²) in [4.78, 5) is 17.7. The lowest BCUT2D eigenvalue weighted by atomic mass is 9.93. The minimum Gasteiger partial charge on any atom is -0.490 e. The smallest absolute Gasteiger partial charge is 0.272 e. The van der Waals surface area contributed by atoms with Gasteiger partial charge in [0.05, 0.1) is 16.7 Å². The van der Waals surface area contributed by atoms with Gasteiger partial charge in [-0.2, -0.15) is 5.26 Å². The lowest BCUT2D eigenvalue weighted by Crippen LogP contribution is -2.40. The zero-order chi connectivity index (χ0) is 24.6. The molecular formula is C24H27ClN8O2. The maximum absolute atomic E-state index is 12.7. The highest BCUT2D eigenvalue weighted by atomic mass is 35.5. The molecule has 0 spiro atoms. The number of halogens is 1. The fourth-order valence-corrected chi connectivity index (χ4v) is 4.76. The Labute approximate surface area is 208 Å². The van der Waals surface area contributed by atoms with Crippen LogP contribution in [0, 0.1) is 17.2 Å². The van der Waals surface area contributed by atoms with Gasteiger partial charge in [0, 0.05) is 36.7 Å². The first-order chi connectivity index (χ1) is 17.1. The van der Waals surface area contributed by atoms with Crippen molar-refractivity contribution < 1.29 is 9.53 Å². The Kier molecular flexibility index (Phi) is 8.24. The number of hydrogen-bond acceptors (Lipinski definition) is 7. The first-order valence-corrected chi connectivity index (χ1v) is 12.2. The quantitative estimate of drug-likeness (QED) is 0.337. The number of piperidine rings is 1. The Morgan fingerprint density at radius 3 is 2.60 bits per heavy atom. The molecule has 35 heavy (non-hydrogen) atoms. The number of rotatable bonds is 7. The number of nitrogens with one attached hydrogen (secondary N) is 1. The van der Waals surface area contributed by atoms with Crippen molar-refractivity contribution in [1.82, 2.24) is 15.5 Å². The van der Waals surface area contributed by atoms with E-state index >= 15 is 0 Å². The van der Waals surface area contributed by atoms with Crippen LogP contribution < -0.4 is 15.0 Å². The predicted octanol–water partition coefficient (Wildman–Crippen LogP) is 4.65. The van der Waals surface area contributed by atoms with Gasteiger partial charge in [-0.3, -0.25) is 4.79 Å². The molecule has 1 aromatic carbocycles. The maximum atomic E-state index is 12.7. The molecule has 1 aliphatic heterocycles. The molecule has 4 rings (SSSR count).